The largest absolute Gasteiger partial charge is 0.352 e. The van der Waals surface area contributed by atoms with Crippen molar-refractivity contribution in [3.63, 3.8) is 0 Å². The van der Waals surface area contributed by atoms with Crippen LogP contribution in [0.15, 0.2) is 54.6 Å². The van der Waals surface area contributed by atoms with Gasteiger partial charge in [0.2, 0.25) is 11.8 Å². The lowest BCUT2D eigenvalue weighted by Gasteiger charge is -2.30. The van der Waals surface area contributed by atoms with E-state index in [-0.39, 0.29) is 17.9 Å². The summed E-state index contributed by atoms with van der Waals surface area (Å²) in [4.78, 5) is 27.9. The lowest BCUT2D eigenvalue weighted by molar-refractivity contribution is -0.140. The minimum Gasteiger partial charge on any atom is -0.352 e. The van der Waals surface area contributed by atoms with Crippen LogP contribution in [0.3, 0.4) is 0 Å². The first-order valence-corrected chi connectivity index (χ1v) is 12.5. The second-order valence-electron chi connectivity index (χ2n) is 8.40. The van der Waals surface area contributed by atoms with Crippen LogP contribution in [0.4, 0.5) is 0 Å². The Morgan fingerprint density at radius 1 is 1.06 bits per heavy atom. The number of nitrogens with zero attached hydrogens (tertiary/aromatic N) is 1. The Kier molecular flexibility index (Phi) is 9.01. The third-order valence-electron chi connectivity index (χ3n) is 6.04. The minimum absolute atomic E-state index is 0.0363. The summed E-state index contributed by atoms with van der Waals surface area (Å²) in [5, 5.41) is 3.17. The van der Waals surface area contributed by atoms with Crippen LogP contribution in [-0.2, 0) is 21.9 Å². The molecule has 0 spiro atoms. The molecule has 2 aromatic carbocycles. The van der Waals surface area contributed by atoms with Crippen molar-refractivity contribution in [3.8, 4) is 0 Å². The number of benzene rings is 2. The number of carbonyl (C=O) groups excluding carboxylic acids is 2. The number of carbonyl (C=O) groups is 2. The van der Waals surface area contributed by atoms with E-state index in [2.05, 4.69) is 30.4 Å². The van der Waals surface area contributed by atoms with Gasteiger partial charge in [-0.3, -0.25) is 9.59 Å². The number of thioether (sulfide) groups is 1. The minimum atomic E-state index is -0.480. The second kappa shape index (κ2) is 11.9. The van der Waals surface area contributed by atoms with Gasteiger partial charge in [0, 0.05) is 30.5 Å². The summed E-state index contributed by atoms with van der Waals surface area (Å²) >= 11 is 1.76. The summed E-state index contributed by atoms with van der Waals surface area (Å²) in [5.74, 6) is 1.64. The normalized spacial score (nSPS) is 14.9. The van der Waals surface area contributed by atoms with E-state index in [4.69, 9.17) is 0 Å². The fraction of sp³-hybridized carbons (Fsp3) is 0.462. The van der Waals surface area contributed by atoms with E-state index in [0.717, 1.165) is 35.5 Å². The molecule has 31 heavy (non-hydrogen) atoms. The van der Waals surface area contributed by atoms with Crippen LogP contribution in [0.1, 0.15) is 55.7 Å². The van der Waals surface area contributed by atoms with Crippen molar-refractivity contribution in [2.24, 2.45) is 0 Å². The first-order valence-electron chi connectivity index (χ1n) is 11.3. The molecule has 0 heterocycles. The first-order chi connectivity index (χ1) is 15.0. The molecular weight excluding hydrogens is 404 g/mol. The molecule has 5 heteroatoms. The fourth-order valence-corrected chi connectivity index (χ4v) is 4.90. The van der Waals surface area contributed by atoms with Crippen LogP contribution in [0.25, 0.3) is 0 Å². The molecule has 0 aliphatic heterocycles. The van der Waals surface area contributed by atoms with Crippen molar-refractivity contribution >= 4 is 23.6 Å². The van der Waals surface area contributed by atoms with Gasteiger partial charge in [0.25, 0.3) is 0 Å². The Hall–Kier alpha value is -2.27. The van der Waals surface area contributed by atoms with Gasteiger partial charge in [0.05, 0.1) is 0 Å². The quantitative estimate of drug-likeness (QED) is 0.526. The topological polar surface area (TPSA) is 49.4 Å². The molecule has 0 unspecified atom stereocenters. The highest BCUT2D eigenvalue weighted by Gasteiger charge is 2.28. The lowest BCUT2D eigenvalue weighted by atomic mass is 10.1. The van der Waals surface area contributed by atoms with E-state index >= 15 is 0 Å². The summed E-state index contributed by atoms with van der Waals surface area (Å²) < 4.78 is 0. The number of aryl methyl sites for hydroxylation is 1. The van der Waals surface area contributed by atoms with Crippen LogP contribution >= 0.6 is 11.8 Å². The van der Waals surface area contributed by atoms with Gasteiger partial charge in [-0.1, -0.05) is 67.4 Å². The van der Waals surface area contributed by atoms with Crippen molar-refractivity contribution in [3.05, 3.63) is 71.3 Å². The van der Waals surface area contributed by atoms with Crippen molar-refractivity contribution in [1.29, 1.82) is 0 Å². The molecule has 1 atom stereocenters. The highest BCUT2D eigenvalue weighted by molar-refractivity contribution is 7.98. The van der Waals surface area contributed by atoms with E-state index in [0.29, 0.717) is 13.0 Å². The van der Waals surface area contributed by atoms with Crippen LogP contribution in [-0.4, -0.2) is 34.6 Å². The van der Waals surface area contributed by atoms with E-state index in [1.807, 2.05) is 43.3 Å². The van der Waals surface area contributed by atoms with E-state index < -0.39 is 6.04 Å². The molecule has 4 nitrogen and oxygen atoms in total. The Labute approximate surface area is 190 Å². The maximum absolute atomic E-state index is 13.2. The third kappa shape index (κ3) is 7.13. The average molecular weight is 439 g/mol. The summed E-state index contributed by atoms with van der Waals surface area (Å²) in [6.45, 7) is 4.38. The lowest BCUT2D eigenvalue weighted by Crippen LogP contribution is -2.49. The van der Waals surface area contributed by atoms with Crippen LogP contribution in [0.2, 0.25) is 0 Å². The number of rotatable bonds is 10. The zero-order chi connectivity index (χ0) is 22.1. The summed E-state index contributed by atoms with van der Waals surface area (Å²) in [6.07, 6.45) is 4.86. The van der Waals surface area contributed by atoms with E-state index in [1.54, 1.807) is 16.7 Å². The molecule has 0 saturated heterocycles. The molecular formula is C26H34N2O2S. The highest BCUT2D eigenvalue weighted by Crippen LogP contribution is 2.20. The van der Waals surface area contributed by atoms with Gasteiger partial charge in [-0.05, 0) is 43.4 Å². The van der Waals surface area contributed by atoms with Gasteiger partial charge in [-0.15, -0.1) is 0 Å². The zero-order valence-corrected chi connectivity index (χ0v) is 19.5. The Balaban J connectivity index is 1.61. The summed E-state index contributed by atoms with van der Waals surface area (Å²) in [7, 11) is 0. The smallest absolute Gasteiger partial charge is 0.242 e. The van der Waals surface area contributed by atoms with Gasteiger partial charge < -0.3 is 10.2 Å². The summed E-state index contributed by atoms with van der Waals surface area (Å²) in [5.41, 5.74) is 3.50. The van der Waals surface area contributed by atoms with Crippen molar-refractivity contribution in [2.45, 2.75) is 70.3 Å². The average Bonchev–Trinajstić information content (AvgIpc) is 3.29. The van der Waals surface area contributed by atoms with E-state index in [9.17, 15) is 9.59 Å². The first kappa shape index (κ1) is 23.4. The molecule has 0 bridgehead atoms. The van der Waals surface area contributed by atoms with Gasteiger partial charge >= 0.3 is 0 Å². The predicted molar refractivity (Wildman–Crippen MR) is 129 cm³/mol. The molecule has 1 fully saturated rings. The number of hydrogen-bond donors (Lipinski definition) is 1. The molecule has 166 valence electrons. The number of nitrogens with one attached hydrogen (secondary N) is 1. The van der Waals surface area contributed by atoms with Gasteiger partial charge in [-0.25, -0.2) is 0 Å². The van der Waals surface area contributed by atoms with E-state index in [1.165, 1.54) is 18.4 Å². The number of hydrogen-bond acceptors (Lipinski definition) is 3. The standard InChI is InChI=1S/C26H34N2O2S/c1-20-10-6-7-13-23(20)18-28(21(2)26(30)27-24-14-8-9-15-24)25(29)16-17-31-19-22-11-4-3-5-12-22/h3-7,10-13,21,24H,8-9,14-19H2,1-2H3,(H,27,30)/t21-/m0/s1. The molecule has 1 N–H and O–H groups in total. The molecule has 3 rings (SSSR count). The van der Waals surface area contributed by atoms with Crippen molar-refractivity contribution in [1.82, 2.24) is 10.2 Å². The van der Waals surface area contributed by atoms with Crippen LogP contribution in [0, 0.1) is 6.92 Å². The maximum Gasteiger partial charge on any atom is 0.242 e. The van der Waals surface area contributed by atoms with Gasteiger partial charge in [-0.2, -0.15) is 11.8 Å². The van der Waals surface area contributed by atoms with Crippen molar-refractivity contribution < 1.29 is 9.59 Å². The third-order valence-corrected chi connectivity index (χ3v) is 7.07. The predicted octanol–water partition coefficient (Wildman–Crippen LogP) is 5.09. The zero-order valence-electron chi connectivity index (χ0n) is 18.7. The molecule has 1 saturated carbocycles. The second-order valence-corrected chi connectivity index (χ2v) is 9.51. The monoisotopic (exact) mass is 438 g/mol. The highest BCUT2D eigenvalue weighted by atomic mass is 32.2. The molecule has 1 aliphatic carbocycles. The SMILES string of the molecule is Cc1ccccc1CN(C(=O)CCSCc1ccccc1)[C@@H](C)C(=O)NC1CCCC1. The van der Waals surface area contributed by atoms with Crippen LogP contribution < -0.4 is 5.32 Å². The Morgan fingerprint density at radius 2 is 1.74 bits per heavy atom. The maximum atomic E-state index is 13.2. The Morgan fingerprint density at radius 3 is 2.45 bits per heavy atom. The molecule has 0 aromatic heterocycles. The van der Waals surface area contributed by atoms with Crippen LogP contribution in [0.5, 0.6) is 0 Å². The molecule has 2 amide bonds. The summed E-state index contributed by atoms with van der Waals surface area (Å²) in [6, 6.07) is 18.2. The number of amides is 2. The van der Waals surface area contributed by atoms with Gasteiger partial charge in [0.1, 0.15) is 6.04 Å². The van der Waals surface area contributed by atoms with Crippen molar-refractivity contribution in [2.75, 3.05) is 5.75 Å². The molecule has 2 aromatic rings. The van der Waals surface area contributed by atoms with Gasteiger partial charge in [0.15, 0.2) is 0 Å². The molecule has 0 radical (unpaired) electrons. The Bertz CT molecular complexity index is 849. The fourth-order valence-electron chi connectivity index (χ4n) is 4.01. The molecule has 1 aliphatic rings.